The summed E-state index contributed by atoms with van der Waals surface area (Å²) in [6, 6.07) is -0.0695. The largest absolute Gasteiger partial charge is 0.391 e. The Kier molecular flexibility index (Phi) is 1.66. The van der Waals surface area contributed by atoms with Crippen molar-refractivity contribution in [3.63, 3.8) is 0 Å². The maximum atomic E-state index is 12.8. The van der Waals surface area contributed by atoms with Crippen LogP contribution in [0, 0.1) is 23.3 Å². The van der Waals surface area contributed by atoms with Gasteiger partial charge in [-0.15, -0.1) is 0 Å². The van der Waals surface area contributed by atoms with Crippen molar-refractivity contribution in [3.05, 3.63) is 34.9 Å². The molecule has 0 fully saturated rings. The van der Waals surface area contributed by atoms with Gasteiger partial charge >= 0.3 is 0 Å². The van der Waals surface area contributed by atoms with Gasteiger partial charge in [-0.05, 0) is 0 Å². The monoisotopic (exact) mass is 182 g/mol. The first kappa shape index (κ1) is 6.42. The Hall–Kier alpha value is -1.10. The quantitative estimate of drug-likeness (QED) is 0.518. The third-order valence-corrected chi connectivity index (χ3v) is 1.22. The third-order valence-electron chi connectivity index (χ3n) is 1.22. The Morgan fingerprint density at radius 3 is 1.92 bits per heavy atom. The van der Waals surface area contributed by atoms with Crippen molar-refractivity contribution in [2.75, 3.05) is 0 Å². The van der Waals surface area contributed by atoms with Crippen LogP contribution in [0.2, 0.25) is 0 Å². The molecule has 0 saturated heterocycles. The van der Waals surface area contributed by atoms with Gasteiger partial charge < -0.3 is 5.11 Å². The fraction of sp³-hybridized carbons (Fsp3) is 0.143. The lowest BCUT2D eigenvalue weighted by Crippen LogP contribution is -2.01. The van der Waals surface area contributed by atoms with E-state index in [1.54, 1.807) is 0 Å². The van der Waals surface area contributed by atoms with Crippen LogP contribution < -0.4 is 0 Å². The molecule has 0 heterocycles. The first-order chi connectivity index (χ1) is 6.25. The average Bonchev–Trinajstić information content (AvgIpc) is 1.98. The highest BCUT2D eigenvalue weighted by Crippen LogP contribution is 2.18. The minimum absolute atomic E-state index is 0.0695. The van der Waals surface area contributed by atoms with E-state index >= 15 is 0 Å². The normalized spacial score (nSPS) is 14.1. The van der Waals surface area contributed by atoms with Crippen LogP contribution in [-0.4, -0.2) is 5.11 Å². The number of rotatable bonds is 1. The van der Waals surface area contributed by atoms with Crippen molar-refractivity contribution < 1.29 is 25.4 Å². The van der Waals surface area contributed by atoms with Crippen LogP contribution >= 0.6 is 0 Å². The van der Waals surface area contributed by atoms with Gasteiger partial charge in [0.1, 0.15) is 0 Å². The predicted molar refractivity (Wildman–Crippen MR) is 32.2 cm³/mol. The number of hydrogen-bond donors (Lipinski definition) is 1. The summed E-state index contributed by atoms with van der Waals surface area (Å²) < 4.78 is 63.6. The molecule has 0 aromatic heterocycles. The maximum absolute atomic E-state index is 12.8. The van der Waals surface area contributed by atoms with E-state index in [1.165, 1.54) is 0 Å². The lowest BCUT2D eigenvalue weighted by molar-refractivity contribution is 0.263. The number of aliphatic hydroxyl groups is 1. The molecular weight excluding hydrogens is 176 g/mol. The van der Waals surface area contributed by atoms with Gasteiger partial charge in [-0.1, -0.05) is 0 Å². The number of benzene rings is 1. The summed E-state index contributed by atoms with van der Waals surface area (Å²) in [7, 11) is 0. The lowest BCUT2D eigenvalue weighted by Gasteiger charge is -2.02. The molecule has 0 aliphatic heterocycles. The molecule has 0 saturated carbocycles. The minimum Gasteiger partial charge on any atom is -0.391 e. The van der Waals surface area contributed by atoms with E-state index in [2.05, 4.69) is 0 Å². The molecule has 1 rings (SSSR count). The first-order valence-corrected chi connectivity index (χ1v) is 2.81. The van der Waals surface area contributed by atoms with Gasteiger partial charge in [0.2, 0.25) is 0 Å². The molecule has 0 unspecified atom stereocenters. The zero-order valence-corrected chi connectivity index (χ0v) is 5.54. The molecule has 0 radical (unpaired) electrons. The van der Waals surface area contributed by atoms with E-state index in [0.29, 0.717) is 0 Å². The van der Waals surface area contributed by atoms with Crippen molar-refractivity contribution in [2.24, 2.45) is 0 Å². The summed E-state index contributed by atoms with van der Waals surface area (Å²) >= 11 is 0. The minimum atomic E-state index is -3.48. The highest BCUT2D eigenvalue weighted by atomic mass is 19.2. The topological polar surface area (TPSA) is 20.2 Å². The fourth-order valence-corrected chi connectivity index (χ4v) is 0.671. The van der Waals surface area contributed by atoms with Gasteiger partial charge in [-0.2, -0.15) is 0 Å². The molecule has 66 valence electrons. The molecule has 1 aromatic carbocycles. The molecule has 5 heteroatoms. The van der Waals surface area contributed by atoms with Crippen molar-refractivity contribution >= 4 is 0 Å². The standard InChI is InChI=1S/C7H4F4O/c8-4-1-5(9)7(11)3(2-12)6(4)10/h1,12H,2H2/i2D2. The summed E-state index contributed by atoms with van der Waals surface area (Å²) in [5.74, 6) is -7.43. The van der Waals surface area contributed by atoms with Crippen LogP contribution in [0.3, 0.4) is 0 Å². The first-order valence-electron chi connectivity index (χ1n) is 3.81. The Labute approximate surface area is 68.1 Å². The van der Waals surface area contributed by atoms with E-state index in [9.17, 15) is 17.6 Å². The Morgan fingerprint density at radius 1 is 1.17 bits per heavy atom. The number of hydrogen-bond acceptors (Lipinski definition) is 1. The van der Waals surface area contributed by atoms with Gasteiger partial charge in [0, 0.05) is 6.07 Å². The molecule has 0 aliphatic carbocycles. The van der Waals surface area contributed by atoms with E-state index in [0.717, 1.165) is 0 Å². The summed E-state index contributed by atoms with van der Waals surface area (Å²) in [5.41, 5.74) is -1.67. The summed E-state index contributed by atoms with van der Waals surface area (Å²) in [5, 5.41) is 8.62. The Bertz CT molecular complexity index is 349. The number of halogens is 4. The highest BCUT2D eigenvalue weighted by Gasteiger charge is 2.17. The van der Waals surface area contributed by atoms with Crippen LogP contribution in [0.5, 0.6) is 0 Å². The maximum Gasteiger partial charge on any atom is 0.167 e. The van der Waals surface area contributed by atoms with Crippen molar-refractivity contribution in [2.45, 2.75) is 6.56 Å². The second kappa shape index (κ2) is 3.10. The van der Waals surface area contributed by atoms with E-state index in [-0.39, 0.29) is 6.07 Å². The summed E-state index contributed by atoms with van der Waals surface area (Å²) in [6.07, 6.45) is 0. The van der Waals surface area contributed by atoms with Crippen LogP contribution in [0.15, 0.2) is 6.07 Å². The molecule has 1 aromatic rings. The third kappa shape index (κ3) is 1.27. The Balaban J connectivity index is 3.56. The molecule has 1 N–H and O–H groups in total. The Morgan fingerprint density at radius 2 is 1.58 bits per heavy atom. The molecule has 0 bridgehead atoms. The van der Waals surface area contributed by atoms with E-state index in [4.69, 9.17) is 7.85 Å². The molecule has 0 amide bonds. The van der Waals surface area contributed by atoms with Gasteiger partial charge in [-0.3, -0.25) is 0 Å². The zero-order chi connectivity index (χ0) is 11.1. The van der Waals surface area contributed by atoms with E-state index < -0.39 is 35.4 Å². The summed E-state index contributed by atoms with van der Waals surface area (Å²) in [6.45, 7) is -3.48. The van der Waals surface area contributed by atoms with Gasteiger partial charge in [-0.25, -0.2) is 17.6 Å². The van der Waals surface area contributed by atoms with E-state index in [1.807, 2.05) is 0 Å². The molecule has 0 aliphatic rings. The second-order valence-electron chi connectivity index (χ2n) is 1.95. The smallest absolute Gasteiger partial charge is 0.167 e. The van der Waals surface area contributed by atoms with Crippen molar-refractivity contribution in [1.82, 2.24) is 0 Å². The average molecular weight is 182 g/mol. The van der Waals surface area contributed by atoms with Crippen LogP contribution in [0.4, 0.5) is 17.6 Å². The molecule has 0 spiro atoms. The molecular formula is C7H4F4O. The highest BCUT2D eigenvalue weighted by molar-refractivity contribution is 5.21. The fourth-order valence-electron chi connectivity index (χ4n) is 0.671. The molecule has 12 heavy (non-hydrogen) atoms. The predicted octanol–water partition coefficient (Wildman–Crippen LogP) is 1.74. The SMILES string of the molecule is [2H]C([2H])(O)c1c(F)c(F)cc(F)c1F. The zero-order valence-electron chi connectivity index (χ0n) is 7.54. The molecule has 0 atom stereocenters. The summed E-state index contributed by atoms with van der Waals surface area (Å²) in [4.78, 5) is 0. The molecule has 1 nitrogen and oxygen atoms in total. The van der Waals surface area contributed by atoms with Gasteiger partial charge in [0.15, 0.2) is 23.3 Å². The van der Waals surface area contributed by atoms with Crippen LogP contribution in [0.25, 0.3) is 0 Å². The van der Waals surface area contributed by atoms with Crippen molar-refractivity contribution in [1.29, 1.82) is 0 Å². The lowest BCUT2D eigenvalue weighted by atomic mass is 10.2. The second-order valence-corrected chi connectivity index (χ2v) is 1.95. The van der Waals surface area contributed by atoms with Crippen LogP contribution in [0.1, 0.15) is 8.30 Å². The van der Waals surface area contributed by atoms with Crippen LogP contribution in [-0.2, 0) is 6.56 Å². The van der Waals surface area contributed by atoms with Gasteiger partial charge in [0.25, 0.3) is 0 Å². The van der Waals surface area contributed by atoms with Crippen molar-refractivity contribution in [3.8, 4) is 0 Å². The van der Waals surface area contributed by atoms with Gasteiger partial charge in [0.05, 0.1) is 14.9 Å².